The van der Waals surface area contributed by atoms with Crippen LogP contribution in [0.1, 0.15) is 107 Å². The molecule has 1 amide bonds. The van der Waals surface area contributed by atoms with Gasteiger partial charge in [-0.2, -0.15) is 0 Å². The molecular weight excluding hydrogens is 509 g/mol. The zero-order valence-corrected chi connectivity index (χ0v) is 25.5. The minimum atomic E-state index is -2.85. The van der Waals surface area contributed by atoms with Crippen LogP contribution in [-0.2, 0) is 14.2 Å². The molecule has 6 heteroatoms. The summed E-state index contributed by atoms with van der Waals surface area (Å²) in [5, 5.41) is 0. The Balaban J connectivity index is 3.29. The normalized spacial score (nSPS) is 19.5. The molecule has 190 valence electrons. The number of hydrogen-bond donors (Lipinski definition) is 0. The third kappa shape index (κ3) is 9.32. The van der Waals surface area contributed by atoms with Gasteiger partial charge in [0.15, 0.2) is 0 Å². The number of ether oxygens (including phenoxy) is 3. The van der Waals surface area contributed by atoms with Crippen molar-refractivity contribution in [1.29, 1.82) is 0 Å². The van der Waals surface area contributed by atoms with Crippen LogP contribution in [0.25, 0.3) is 0 Å². The van der Waals surface area contributed by atoms with E-state index in [1.807, 2.05) is 18.7 Å². The first kappa shape index (κ1) is 30.0. The Morgan fingerprint density at radius 3 is 1.78 bits per heavy atom. The van der Waals surface area contributed by atoms with Crippen LogP contribution in [0, 0.1) is 0 Å². The van der Waals surface area contributed by atoms with Crippen LogP contribution in [0.3, 0.4) is 0 Å². The number of carbonyl (C=O) groups excluding carboxylic acids is 1. The number of unbranched alkanes of at least 4 members (excludes halogenated alkanes) is 3. The third-order valence-electron chi connectivity index (χ3n) is 6.88. The Morgan fingerprint density at radius 2 is 1.44 bits per heavy atom. The fourth-order valence-corrected chi connectivity index (χ4v) is 22.3. The Kier molecular flexibility index (Phi) is 13.5. The average molecular weight is 562 g/mol. The molecule has 1 aliphatic rings. The Bertz CT molecular complexity index is 508. The van der Waals surface area contributed by atoms with Gasteiger partial charge in [-0.3, -0.25) is 0 Å². The van der Waals surface area contributed by atoms with E-state index < -0.39 is 24.2 Å². The van der Waals surface area contributed by atoms with Crippen molar-refractivity contribution in [2.45, 2.75) is 149 Å². The second-order valence-electron chi connectivity index (χ2n) is 10.8. The van der Waals surface area contributed by atoms with Gasteiger partial charge in [-0.15, -0.1) is 0 Å². The molecule has 5 nitrogen and oxygen atoms in total. The van der Waals surface area contributed by atoms with Gasteiger partial charge >= 0.3 is 204 Å². The van der Waals surface area contributed by atoms with Crippen LogP contribution >= 0.6 is 0 Å². The van der Waals surface area contributed by atoms with E-state index in [4.69, 9.17) is 14.2 Å². The van der Waals surface area contributed by atoms with Crippen molar-refractivity contribution >= 4 is 24.5 Å². The molecule has 1 rings (SSSR count). The van der Waals surface area contributed by atoms with E-state index in [-0.39, 0.29) is 28.4 Å². The van der Waals surface area contributed by atoms with Gasteiger partial charge < -0.3 is 0 Å². The van der Waals surface area contributed by atoms with Crippen molar-refractivity contribution < 1.29 is 19.0 Å². The van der Waals surface area contributed by atoms with Gasteiger partial charge in [-0.25, -0.2) is 0 Å². The minimum absolute atomic E-state index is 0.00954. The fraction of sp³-hybridized carbons (Fsp3) is 0.962. The topological polar surface area (TPSA) is 48.0 Å². The van der Waals surface area contributed by atoms with E-state index in [2.05, 4.69) is 48.5 Å². The van der Waals surface area contributed by atoms with Crippen molar-refractivity contribution in [3.8, 4) is 0 Å². The molecule has 0 spiro atoms. The number of hydrogen-bond acceptors (Lipinski definition) is 4. The zero-order valence-electron chi connectivity index (χ0n) is 22.7. The summed E-state index contributed by atoms with van der Waals surface area (Å²) in [5.41, 5.74) is 0. The molecule has 2 atom stereocenters. The van der Waals surface area contributed by atoms with E-state index in [1.54, 1.807) is 0 Å². The molecule has 0 N–H and O–H groups in total. The van der Waals surface area contributed by atoms with E-state index in [0.29, 0.717) is 6.61 Å². The number of carbonyl (C=O) groups is 1. The molecule has 0 bridgehead atoms. The number of rotatable bonds is 15. The molecule has 1 heterocycles. The first-order valence-corrected chi connectivity index (χ1v) is 21.0. The van der Waals surface area contributed by atoms with Crippen molar-refractivity contribution in [3.05, 3.63) is 0 Å². The first-order valence-electron chi connectivity index (χ1n) is 13.3. The van der Waals surface area contributed by atoms with Gasteiger partial charge in [-0.05, 0) is 0 Å². The summed E-state index contributed by atoms with van der Waals surface area (Å²) in [7, 11) is 0. The molecule has 0 aromatic carbocycles. The average Bonchev–Trinajstić information content (AvgIpc) is 3.05. The standard InChI is InChI=1S/C14H26NO4.3C4H9.Sn/c1-10(2)15(11(3)4)13(16)17-8-7-12-9-18-14(5,6)19-12;3*1-3-4-2;/h8,10-12H,7,9H2,1-6H3;3*1,3-4H2,2H3;/t12-;;;;/m1..../s1. The van der Waals surface area contributed by atoms with Crippen molar-refractivity contribution in [3.63, 3.8) is 0 Å². The van der Waals surface area contributed by atoms with Gasteiger partial charge in [-0.1, -0.05) is 0 Å². The van der Waals surface area contributed by atoms with Gasteiger partial charge in [0.25, 0.3) is 0 Å². The molecule has 1 fully saturated rings. The Morgan fingerprint density at radius 1 is 0.969 bits per heavy atom. The van der Waals surface area contributed by atoms with Crippen LogP contribution in [0.5, 0.6) is 0 Å². The SMILES string of the molecule is CCC[CH2][Sn]([CH2]CCC)([CH2]CCC)[C@H](C[C@@H]1COC(C)(C)O1)OC(=O)N(C(C)C)C(C)C. The second kappa shape index (κ2) is 14.4. The molecule has 0 unspecified atom stereocenters. The summed E-state index contributed by atoms with van der Waals surface area (Å²) < 4.78 is 22.7. The molecular formula is C26H53NO4Sn. The molecule has 1 saturated heterocycles. The second-order valence-corrected chi connectivity index (χ2v) is 24.7. The maximum atomic E-state index is 13.5. The molecule has 0 saturated carbocycles. The van der Waals surface area contributed by atoms with Crippen LogP contribution in [0.2, 0.25) is 13.3 Å². The van der Waals surface area contributed by atoms with Gasteiger partial charge in [0, 0.05) is 0 Å². The Labute approximate surface area is 203 Å². The van der Waals surface area contributed by atoms with Crippen LogP contribution in [0.4, 0.5) is 4.79 Å². The zero-order chi connectivity index (χ0) is 24.4. The van der Waals surface area contributed by atoms with Crippen molar-refractivity contribution in [1.82, 2.24) is 4.90 Å². The molecule has 0 aliphatic carbocycles. The van der Waals surface area contributed by atoms with E-state index in [0.717, 1.165) is 6.42 Å². The monoisotopic (exact) mass is 563 g/mol. The molecule has 0 aromatic heterocycles. The summed E-state index contributed by atoms with van der Waals surface area (Å²) in [5.74, 6) is -0.546. The van der Waals surface area contributed by atoms with Crippen LogP contribution < -0.4 is 0 Å². The quantitative estimate of drug-likeness (QED) is 0.194. The fourth-order valence-electron chi connectivity index (χ4n) is 5.19. The molecule has 0 aromatic rings. The van der Waals surface area contributed by atoms with E-state index in [9.17, 15) is 4.79 Å². The summed E-state index contributed by atoms with van der Waals surface area (Å²) in [4.78, 5) is 15.4. The van der Waals surface area contributed by atoms with Crippen LogP contribution in [-0.4, -0.2) is 64.1 Å². The van der Waals surface area contributed by atoms with Gasteiger partial charge in [0.2, 0.25) is 0 Å². The predicted molar refractivity (Wildman–Crippen MR) is 137 cm³/mol. The predicted octanol–water partition coefficient (Wildman–Crippen LogP) is 7.54. The number of amides is 1. The van der Waals surface area contributed by atoms with Crippen LogP contribution in [0.15, 0.2) is 0 Å². The summed E-state index contributed by atoms with van der Waals surface area (Å²) in [6.07, 6.45) is 8.05. The van der Waals surface area contributed by atoms with Crippen molar-refractivity contribution in [2.75, 3.05) is 6.61 Å². The number of nitrogens with zero attached hydrogens (tertiary/aromatic N) is 1. The third-order valence-corrected chi connectivity index (χ3v) is 23.3. The molecule has 1 aliphatic heterocycles. The van der Waals surface area contributed by atoms with Gasteiger partial charge in [0.05, 0.1) is 0 Å². The van der Waals surface area contributed by atoms with Gasteiger partial charge in [0.1, 0.15) is 0 Å². The maximum absolute atomic E-state index is 13.5. The van der Waals surface area contributed by atoms with E-state index >= 15 is 0 Å². The Hall–Kier alpha value is -0.0113. The molecule has 0 radical (unpaired) electrons. The first-order chi connectivity index (χ1) is 15.0. The molecule has 32 heavy (non-hydrogen) atoms. The van der Waals surface area contributed by atoms with Crippen molar-refractivity contribution in [2.24, 2.45) is 0 Å². The summed E-state index contributed by atoms with van der Waals surface area (Å²) in [6, 6.07) is 0.249. The summed E-state index contributed by atoms with van der Waals surface area (Å²) >= 11 is -2.85. The summed E-state index contributed by atoms with van der Waals surface area (Å²) in [6.45, 7) is 19.7. The van der Waals surface area contributed by atoms with E-state index in [1.165, 1.54) is 51.8 Å².